The van der Waals surface area contributed by atoms with Gasteiger partial charge in [-0.3, -0.25) is 14.5 Å². The summed E-state index contributed by atoms with van der Waals surface area (Å²) in [6.07, 6.45) is 0.503. The van der Waals surface area contributed by atoms with Crippen LogP contribution >= 0.6 is 15.9 Å². The number of fused-ring (bicyclic) bond motifs is 1. The molecule has 2 heterocycles. The van der Waals surface area contributed by atoms with E-state index in [0.29, 0.717) is 11.1 Å². The van der Waals surface area contributed by atoms with Crippen LogP contribution in [-0.4, -0.2) is 24.9 Å². The second-order valence-corrected chi connectivity index (χ2v) is 5.52. The molecule has 0 saturated heterocycles. The van der Waals surface area contributed by atoms with E-state index in [9.17, 15) is 9.59 Å². The summed E-state index contributed by atoms with van der Waals surface area (Å²) in [6.45, 7) is 0. The van der Waals surface area contributed by atoms with E-state index < -0.39 is 6.04 Å². The highest BCUT2D eigenvalue weighted by molar-refractivity contribution is 9.10. The average Bonchev–Trinajstić information content (AvgIpc) is 3.09. The van der Waals surface area contributed by atoms with E-state index in [4.69, 9.17) is 4.42 Å². The van der Waals surface area contributed by atoms with E-state index in [0.717, 1.165) is 11.3 Å². The van der Waals surface area contributed by atoms with Crippen molar-refractivity contribution in [1.82, 2.24) is 5.32 Å². The van der Waals surface area contributed by atoms with Gasteiger partial charge in [0.15, 0.2) is 10.4 Å². The predicted octanol–water partition coefficient (Wildman–Crippen LogP) is 2.36. The van der Waals surface area contributed by atoms with E-state index in [-0.39, 0.29) is 17.6 Å². The first-order chi connectivity index (χ1) is 10.1. The maximum absolute atomic E-state index is 12.7. The zero-order valence-electron chi connectivity index (χ0n) is 11.3. The molecule has 5 nitrogen and oxygen atoms in total. The molecule has 2 aromatic rings. The topological polar surface area (TPSA) is 62.6 Å². The van der Waals surface area contributed by atoms with E-state index in [1.807, 2.05) is 24.3 Å². The van der Waals surface area contributed by atoms with Crippen LogP contribution in [0.2, 0.25) is 0 Å². The molecule has 6 heteroatoms. The number of hydrogen-bond acceptors (Lipinski definition) is 3. The Balaban J connectivity index is 2.03. The minimum atomic E-state index is -0.552. The smallest absolute Gasteiger partial charge is 0.294 e. The molecule has 21 heavy (non-hydrogen) atoms. The Hall–Kier alpha value is -2.08. The third-order valence-electron chi connectivity index (χ3n) is 3.53. The summed E-state index contributed by atoms with van der Waals surface area (Å²) in [4.78, 5) is 26.3. The van der Waals surface area contributed by atoms with Crippen molar-refractivity contribution in [2.24, 2.45) is 0 Å². The minimum Gasteiger partial charge on any atom is -0.444 e. The lowest BCUT2D eigenvalue weighted by Gasteiger charge is -2.23. The molecule has 0 bridgehead atoms. The van der Waals surface area contributed by atoms with Crippen LogP contribution < -0.4 is 10.2 Å². The van der Waals surface area contributed by atoms with E-state index >= 15 is 0 Å². The molecule has 1 aliphatic heterocycles. The largest absolute Gasteiger partial charge is 0.444 e. The van der Waals surface area contributed by atoms with E-state index in [1.165, 1.54) is 4.90 Å². The molecule has 0 saturated carbocycles. The van der Waals surface area contributed by atoms with Gasteiger partial charge in [0.1, 0.15) is 6.04 Å². The molecular formula is C15H13BrN2O3. The normalized spacial score (nSPS) is 16.7. The van der Waals surface area contributed by atoms with Gasteiger partial charge in [0.25, 0.3) is 5.91 Å². The molecule has 1 aliphatic rings. The van der Waals surface area contributed by atoms with Crippen LogP contribution in [0.3, 0.4) is 0 Å². The summed E-state index contributed by atoms with van der Waals surface area (Å²) in [7, 11) is 1.57. The Kier molecular flexibility index (Phi) is 3.55. The number of hydrogen-bond donors (Lipinski definition) is 1. The Morgan fingerprint density at radius 2 is 2.05 bits per heavy atom. The number of likely N-dealkylation sites (N-methyl/N-ethyl adjacent to an activating group) is 1. The first-order valence-corrected chi connectivity index (χ1v) is 7.29. The van der Waals surface area contributed by atoms with Crippen LogP contribution in [0.4, 0.5) is 5.69 Å². The number of amides is 2. The van der Waals surface area contributed by atoms with Gasteiger partial charge >= 0.3 is 0 Å². The maximum Gasteiger partial charge on any atom is 0.294 e. The molecule has 108 valence electrons. The summed E-state index contributed by atoms with van der Waals surface area (Å²) in [5.74, 6) is -0.308. The van der Waals surface area contributed by atoms with Crippen molar-refractivity contribution in [2.75, 3.05) is 11.9 Å². The molecule has 1 aromatic heterocycles. The number of para-hydroxylation sites is 1. The van der Waals surface area contributed by atoms with Gasteiger partial charge in [-0.05, 0) is 39.7 Å². The van der Waals surface area contributed by atoms with Crippen LogP contribution in [0.5, 0.6) is 0 Å². The lowest BCUT2D eigenvalue weighted by Crippen LogP contribution is -2.47. The number of benzene rings is 1. The molecule has 0 radical (unpaired) electrons. The van der Waals surface area contributed by atoms with Crippen molar-refractivity contribution in [2.45, 2.75) is 12.5 Å². The molecule has 0 fully saturated rings. The third kappa shape index (κ3) is 2.35. The van der Waals surface area contributed by atoms with Gasteiger partial charge in [-0.15, -0.1) is 0 Å². The van der Waals surface area contributed by atoms with E-state index in [2.05, 4.69) is 21.2 Å². The van der Waals surface area contributed by atoms with Gasteiger partial charge in [-0.1, -0.05) is 18.2 Å². The van der Waals surface area contributed by atoms with Crippen molar-refractivity contribution in [3.05, 3.63) is 52.4 Å². The summed E-state index contributed by atoms with van der Waals surface area (Å²) in [5.41, 5.74) is 1.73. The molecule has 0 unspecified atom stereocenters. The molecule has 1 atom stereocenters. The zero-order chi connectivity index (χ0) is 15.0. The number of rotatable bonds is 2. The SMILES string of the molecule is CNC(=O)[C@H]1Cc2ccccc2N1C(=O)c1ccc(Br)o1. The highest BCUT2D eigenvalue weighted by atomic mass is 79.9. The summed E-state index contributed by atoms with van der Waals surface area (Å²) < 4.78 is 5.81. The Morgan fingerprint density at radius 1 is 1.29 bits per heavy atom. The lowest BCUT2D eigenvalue weighted by molar-refractivity contribution is -0.121. The van der Waals surface area contributed by atoms with Crippen molar-refractivity contribution in [3.8, 4) is 0 Å². The molecule has 1 aromatic carbocycles. The van der Waals surface area contributed by atoms with Crippen LogP contribution in [0.15, 0.2) is 45.5 Å². The van der Waals surface area contributed by atoms with Crippen LogP contribution in [-0.2, 0) is 11.2 Å². The van der Waals surface area contributed by atoms with Crippen molar-refractivity contribution < 1.29 is 14.0 Å². The van der Waals surface area contributed by atoms with Gasteiger partial charge in [0, 0.05) is 19.2 Å². The summed E-state index contributed by atoms with van der Waals surface area (Å²) in [5, 5.41) is 2.61. The molecular weight excluding hydrogens is 336 g/mol. The number of halogens is 1. The van der Waals surface area contributed by atoms with Gasteiger partial charge in [0.2, 0.25) is 5.91 Å². The third-order valence-corrected chi connectivity index (χ3v) is 3.95. The number of furan rings is 1. The Labute approximate surface area is 130 Å². The first kappa shape index (κ1) is 13.9. The number of carbonyl (C=O) groups excluding carboxylic acids is 2. The quantitative estimate of drug-likeness (QED) is 0.906. The fourth-order valence-electron chi connectivity index (χ4n) is 2.56. The van der Waals surface area contributed by atoms with E-state index in [1.54, 1.807) is 19.2 Å². The van der Waals surface area contributed by atoms with Crippen LogP contribution in [0.25, 0.3) is 0 Å². The lowest BCUT2D eigenvalue weighted by atomic mass is 10.1. The number of nitrogens with one attached hydrogen (secondary N) is 1. The number of carbonyl (C=O) groups is 2. The monoisotopic (exact) mass is 348 g/mol. The zero-order valence-corrected chi connectivity index (χ0v) is 12.9. The fraction of sp³-hybridized carbons (Fsp3) is 0.200. The molecule has 1 N–H and O–H groups in total. The maximum atomic E-state index is 12.7. The molecule has 3 rings (SSSR count). The molecule has 0 spiro atoms. The second kappa shape index (κ2) is 5.37. The summed E-state index contributed by atoms with van der Waals surface area (Å²) >= 11 is 3.18. The van der Waals surface area contributed by atoms with Crippen molar-refractivity contribution in [1.29, 1.82) is 0 Å². The van der Waals surface area contributed by atoms with Crippen LogP contribution in [0.1, 0.15) is 16.1 Å². The average molecular weight is 349 g/mol. The second-order valence-electron chi connectivity index (χ2n) is 4.74. The first-order valence-electron chi connectivity index (χ1n) is 6.50. The van der Waals surface area contributed by atoms with Crippen molar-refractivity contribution >= 4 is 33.4 Å². The molecule has 0 aliphatic carbocycles. The van der Waals surface area contributed by atoms with Crippen molar-refractivity contribution in [3.63, 3.8) is 0 Å². The number of nitrogens with zero attached hydrogens (tertiary/aromatic N) is 1. The standard InChI is InChI=1S/C15H13BrN2O3/c1-17-14(19)11-8-9-4-2-3-5-10(9)18(11)15(20)12-6-7-13(16)21-12/h2-7,11H,8H2,1H3,(H,17,19)/t11-/m1/s1. The van der Waals surface area contributed by atoms with Gasteiger partial charge < -0.3 is 9.73 Å². The Bertz CT molecular complexity index is 710. The molecule has 2 amide bonds. The highest BCUT2D eigenvalue weighted by Gasteiger charge is 2.39. The van der Waals surface area contributed by atoms with Crippen LogP contribution in [0, 0.1) is 0 Å². The van der Waals surface area contributed by atoms with Gasteiger partial charge in [-0.2, -0.15) is 0 Å². The predicted molar refractivity (Wildman–Crippen MR) is 81.2 cm³/mol. The van der Waals surface area contributed by atoms with Gasteiger partial charge in [-0.25, -0.2) is 0 Å². The highest BCUT2D eigenvalue weighted by Crippen LogP contribution is 2.33. The fourth-order valence-corrected chi connectivity index (χ4v) is 2.87. The van der Waals surface area contributed by atoms with Gasteiger partial charge in [0.05, 0.1) is 0 Å². The summed E-state index contributed by atoms with van der Waals surface area (Å²) in [6, 6.07) is 10.2. The Morgan fingerprint density at radius 3 is 2.71 bits per heavy atom. The number of anilines is 1. The minimum absolute atomic E-state index is 0.190.